The Morgan fingerprint density at radius 3 is 2.00 bits per heavy atom. The van der Waals surface area contributed by atoms with Crippen molar-refractivity contribution in [3.05, 3.63) is 52.7 Å². The average Bonchev–Trinajstić information content (AvgIpc) is 2.79. The van der Waals surface area contributed by atoms with E-state index in [2.05, 4.69) is 4.98 Å². The summed E-state index contributed by atoms with van der Waals surface area (Å²) in [6, 6.07) is 11.6. The molecule has 152 valence electrons. The minimum atomic E-state index is 0.588. The van der Waals surface area contributed by atoms with E-state index in [-0.39, 0.29) is 0 Å². The minimum Gasteiger partial charge on any atom is -0.497 e. The quantitative estimate of drug-likeness (QED) is 0.668. The monoisotopic (exact) mass is 391 g/mol. The molecule has 3 rings (SSSR count). The molecule has 0 fully saturated rings. The summed E-state index contributed by atoms with van der Waals surface area (Å²) >= 11 is 0. The summed E-state index contributed by atoms with van der Waals surface area (Å²) in [6.45, 7) is 9.88. The van der Waals surface area contributed by atoms with Crippen LogP contribution in [0, 0.1) is 6.92 Å². The number of hydrogen-bond acceptors (Lipinski definition) is 5. The van der Waals surface area contributed by atoms with Crippen molar-refractivity contribution in [3.8, 4) is 34.3 Å². The van der Waals surface area contributed by atoms with Crippen molar-refractivity contribution < 1.29 is 9.47 Å². The van der Waals surface area contributed by atoms with Crippen molar-refractivity contribution in [2.45, 2.75) is 34.6 Å². The summed E-state index contributed by atoms with van der Waals surface area (Å²) in [6.07, 6.45) is 4.02. The third-order valence-electron chi connectivity index (χ3n) is 4.39. The van der Waals surface area contributed by atoms with Gasteiger partial charge in [0.25, 0.3) is 0 Å². The molecular weight excluding hydrogens is 362 g/mol. The maximum Gasteiger partial charge on any atom is 0.179 e. The molecule has 0 aliphatic heterocycles. The second-order valence-corrected chi connectivity index (χ2v) is 5.98. The number of pyridine rings is 1. The van der Waals surface area contributed by atoms with Gasteiger partial charge in [0.15, 0.2) is 5.82 Å². The number of hydrogen-bond donors (Lipinski definition) is 0. The molecule has 0 saturated carbocycles. The van der Waals surface area contributed by atoms with Gasteiger partial charge in [-0.3, -0.25) is 0 Å². The van der Waals surface area contributed by atoms with Gasteiger partial charge in [0.2, 0.25) is 0 Å². The standard InChI is InChI=1S/C22H23N3O2.C2H6/c1-6-17-18(7-2)24-22(19-12-13-20(27-5)14(3)23-19)25-21(17)15-8-10-16(26-4)11-9-15;1-2/h6-13H,1-5H3;1-2H3/b17-6+,18-7+;. The molecule has 0 atom stereocenters. The first-order valence-electron chi connectivity index (χ1n) is 9.78. The molecule has 0 amide bonds. The molecule has 29 heavy (non-hydrogen) atoms. The first kappa shape index (κ1) is 22.1. The lowest BCUT2D eigenvalue weighted by Crippen LogP contribution is -2.31. The van der Waals surface area contributed by atoms with Crippen LogP contribution in [0.2, 0.25) is 0 Å². The zero-order valence-corrected chi connectivity index (χ0v) is 18.3. The van der Waals surface area contributed by atoms with Crippen molar-refractivity contribution in [2.24, 2.45) is 0 Å². The smallest absolute Gasteiger partial charge is 0.179 e. The second kappa shape index (κ2) is 10.4. The molecule has 0 aliphatic carbocycles. The fourth-order valence-electron chi connectivity index (χ4n) is 2.96. The summed E-state index contributed by atoms with van der Waals surface area (Å²) in [5, 5.41) is 1.88. The molecule has 3 aromatic rings. The van der Waals surface area contributed by atoms with Crippen LogP contribution >= 0.6 is 0 Å². The molecule has 0 saturated heterocycles. The Bertz CT molecular complexity index is 1070. The molecule has 5 nitrogen and oxygen atoms in total. The van der Waals surface area contributed by atoms with E-state index in [0.29, 0.717) is 11.5 Å². The molecule has 5 heteroatoms. The molecule has 0 N–H and O–H groups in total. The number of nitrogens with zero attached hydrogens (tertiary/aromatic N) is 3. The molecule has 2 heterocycles. The van der Waals surface area contributed by atoms with E-state index in [1.165, 1.54) is 0 Å². The Morgan fingerprint density at radius 1 is 0.793 bits per heavy atom. The Morgan fingerprint density at radius 2 is 1.48 bits per heavy atom. The van der Waals surface area contributed by atoms with E-state index in [4.69, 9.17) is 19.4 Å². The van der Waals surface area contributed by atoms with Crippen LogP contribution in [0.1, 0.15) is 33.4 Å². The molecule has 0 bridgehead atoms. The van der Waals surface area contributed by atoms with Crippen molar-refractivity contribution >= 4 is 12.2 Å². The van der Waals surface area contributed by atoms with E-state index in [1.54, 1.807) is 14.2 Å². The van der Waals surface area contributed by atoms with Crippen LogP contribution in [0.5, 0.6) is 11.5 Å². The highest BCUT2D eigenvalue weighted by atomic mass is 16.5. The van der Waals surface area contributed by atoms with Gasteiger partial charge in [-0.15, -0.1) is 0 Å². The van der Waals surface area contributed by atoms with Crippen molar-refractivity contribution in [1.29, 1.82) is 0 Å². The minimum absolute atomic E-state index is 0.588. The Kier molecular flexibility index (Phi) is 7.89. The summed E-state index contributed by atoms with van der Waals surface area (Å²) < 4.78 is 10.6. The third kappa shape index (κ3) is 4.80. The van der Waals surface area contributed by atoms with Crippen LogP contribution in [0.4, 0.5) is 0 Å². The van der Waals surface area contributed by atoms with Crippen LogP contribution in [-0.4, -0.2) is 29.2 Å². The maximum absolute atomic E-state index is 5.31. The van der Waals surface area contributed by atoms with Crippen molar-refractivity contribution in [1.82, 2.24) is 15.0 Å². The van der Waals surface area contributed by atoms with Crippen LogP contribution < -0.4 is 20.0 Å². The van der Waals surface area contributed by atoms with Gasteiger partial charge in [-0.2, -0.15) is 0 Å². The number of ether oxygens (including phenoxy) is 2. The Labute approximate surface area is 172 Å². The van der Waals surface area contributed by atoms with Crippen LogP contribution in [0.15, 0.2) is 36.4 Å². The zero-order valence-electron chi connectivity index (χ0n) is 18.3. The van der Waals surface area contributed by atoms with Crippen molar-refractivity contribution in [3.63, 3.8) is 0 Å². The van der Waals surface area contributed by atoms with Gasteiger partial charge in [0, 0.05) is 10.8 Å². The van der Waals surface area contributed by atoms with E-state index in [0.717, 1.165) is 39.0 Å². The summed E-state index contributed by atoms with van der Waals surface area (Å²) in [5.74, 6) is 2.14. The number of methoxy groups -OCH3 is 2. The SMILES string of the molecule is C/C=c1/c(-c2ccc(OC)cc2)nc(-c2ccc(OC)c(C)n2)n/c1=C/C.CC. The largest absolute Gasteiger partial charge is 0.497 e. The highest BCUT2D eigenvalue weighted by Gasteiger charge is 2.11. The van der Waals surface area contributed by atoms with Gasteiger partial charge in [-0.25, -0.2) is 15.0 Å². The highest BCUT2D eigenvalue weighted by Crippen LogP contribution is 2.22. The van der Waals surface area contributed by atoms with Gasteiger partial charge in [-0.1, -0.05) is 26.0 Å². The van der Waals surface area contributed by atoms with E-state index in [9.17, 15) is 0 Å². The third-order valence-corrected chi connectivity index (χ3v) is 4.39. The van der Waals surface area contributed by atoms with E-state index in [1.807, 2.05) is 83.2 Å². The topological polar surface area (TPSA) is 57.1 Å². The normalized spacial score (nSPS) is 11.7. The molecule has 0 spiro atoms. The summed E-state index contributed by atoms with van der Waals surface area (Å²) in [7, 11) is 3.29. The lowest BCUT2D eigenvalue weighted by molar-refractivity contribution is 0.409. The maximum atomic E-state index is 5.31. The van der Waals surface area contributed by atoms with Gasteiger partial charge in [0.1, 0.15) is 17.2 Å². The van der Waals surface area contributed by atoms with Gasteiger partial charge in [-0.05, 0) is 57.2 Å². The van der Waals surface area contributed by atoms with Crippen LogP contribution in [-0.2, 0) is 0 Å². The van der Waals surface area contributed by atoms with Crippen LogP contribution in [0.3, 0.4) is 0 Å². The highest BCUT2D eigenvalue weighted by molar-refractivity contribution is 5.65. The average molecular weight is 392 g/mol. The predicted octanol–water partition coefficient (Wildman–Crippen LogP) is 4.16. The molecule has 0 aliphatic rings. The molecule has 1 aromatic carbocycles. The Hall–Kier alpha value is -3.21. The molecular formula is C24H29N3O2. The van der Waals surface area contributed by atoms with Gasteiger partial charge < -0.3 is 9.47 Å². The number of aromatic nitrogens is 3. The van der Waals surface area contributed by atoms with E-state index >= 15 is 0 Å². The Balaban J connectivity index is 0.00000145. The lowest BCUT2D eigenvalue weighted by atomic mass is 10.1. The fourth-order valence-corrected chi connectivity index (χ4v) is 2.96. The first-order chi connectivity index (χ1) is 14.1. The van der Waals surface area contributed by atoms with Gasteiger partial charge >= 0.3 is 0 Å². The predicted molar refractivity (Wildman–Crippen MR) is 119 cm³/mol. The number of benzene rings is 1. The first-order valence-corrected chi connectivity index (χ1v) is 9.78. The number of rotatable bonds is 4. The molecule has 0 unspecified atom stereocenters. The molecule has 0 radical (unpaired) electrons. The van der Waals surface area contributed by atoms with Gasteiger partial charge in [0.05, 0.1) is 31.0 Å². The molecule has 2 aromatic heterocycles. The van der Waals surface area contributed by atoms with Crippen molar-refractivity contribution in [2.75, 3.05) is 14.2 Å². The number of aryl methyl sites for hydroxylation is 1. The van der Waals surface area contributed by atoms with Crippen LogP contribution in [0.25, 0.3) is 34.9 Å². The fraction of sp³-hybridized carbons (Fsp3) is 0.292. The lowest BCUT2D eigenvalue weighted by Gasteiger charge is -2.09. The van der Waals surface area contributed by atoms with E-state index < -0.39 is 0 Å². The second-order valence-electron chi connectivity index (χ2n) is 5.98. The summed E-state index contributed by atoms with van der Waals surface area (Å²) in [4.78, 5) is 14.2. The summed E-state index contributed by atoms with van der Waals surface area (Å²) in [5.41, 5.74) is 3.39. The zero-order chi connectivity index (χ0) is 21.4.